The predicted octanol–water partition coefficient (Wildman–Crippen LogP) is 2.86. The Morgan fingerprint density at radius 2 is 2.00 bits per heavy atom. The first-order chi connectivity index (χ1) is 10.1. The highest BCUT2D eigenvalue weighted by atomic mass is 35.5. The molecule has 3 rings (SSSR count). The molecule has 1 atom stereocenters. The van der Waals surface area contributed by atoms with Gasteiger partial charge in [-0.15, -0.1) is 0 Å². The van der Waals surface area contributed by atoms with Crippen LogP contribution in [0.25, 0.3) is 0 Å². The number of nitrogens with one attached hydrogen (secondary N) is 2. The molecule has 0 bridgehead atoms. The Bertz CT molecular complexity index is 510. The quantitative estimate of drug-likeness (QED) is 0.757. The highest BCUT2D eigenvalue weighted by Gasteiger charge is 2.42. The van der Waals surface area contributed by atoms with Crippen LogP contribution in [0.1, 0.15) is 37.3 Å². The molecule has 3 N–H and O–H groups in total. The summed E-state index contributed by atoms with van der Waals surface area (Å²) in [4.78, 5) is 12.1. The summed E-state index contributed by atoms with van der Waals surface area (Å²) in [5.41, 5.74) is 1.03. The molecule has 1 aromatic rings. The molecule has 0 aromatic heterocycles. The highest BCUT2D eigenvalue weighted by Crippen LogP contribution is 2.44. The highest BCUT2D eigenvalue weighted by molar-refractivity contribution is 6.30. The maximum atomic E-state index is 12.1. The molecular weight excluding hydrogens is 288 g/mol. The van der Waals surface area contributed by atoms with Gasteiger partial charge < -0.3 is 15.7 Å². The number of carbonyl (C=O) groups excluding carboxylic acids is 1. The van der Waals surface area contributed by atoms with Crippen LogP contribution in [0.4, 0.5) is 4.79 Å². The monoisotopic (exact) mass is 308 g/mol. The van der Waals surface area contributed by atoms with Crippen LogP contribution in [0.2, 0.25) is 5.02 Å². The molecule has 2 saturated carbocycles. The number of aliphatic hydroxyl groups is 1. The van der Waals surface area contributed by atoms with Crippen LogP contribution >= 0.6 is 11.6 Å². The average molecular weight is 309 g/mol. The maximum Gasteiger partial charge on any atom is 0.315 e. The SMILES string of the molecule is O=C(NCC1(CO)CC1)NC(c1ccc(Cl)cc1)C1CC1. The number of carbonyl (C=O) groups is 1. The molecule has 0 aliphatic heterocycles. The molecule has 0 spiro atoms. The number of urea groups is 1. The molecule has 2 fully saturated rings. The first kappa shape index (κ1) is 14.7. The second kappa shape index (κ2) is 5.85. The van der Waals surface area contributed by atoms with E-state index < -0.39 is 0 Å². The molecule has 1 unspecified atom stereocenters. The first-order valence-electron chi connectivity index (χ1n) is 7.53. The van der Waals surface area contributed by atoms with E-state index in [0.717, 1.165) is 31.2 Å². The number of amides is 2. The fourth-order valence-corrected chi connectivity index (χ4v) is 2.73. The molecule has 0 radical (unpaired) electrons. The number of rotatable bonds is 6. The van der Waals surface area contributed by atoms with Gasteiger partial charge in [-0.2, -0.15) is 0 Å². The molecule has 5 heteroatoms. The molecule has 2 amide bonds. The summed E-state index contributed by atoms with van der Waals surface area (Å²) in [6.45, 7) is 0.698. The Labute approximate surface area is 129 Å². The molecule has 4 nitrogen and oxygen atoms in total. The van der Waals surface area contributed by atoms with Crippen LogP contribution in [0.15, 0.2) is 24.3 Å². The summed E-state index contributed by atoms with van der Waals surface area (Å²) in [5, 5.41) is 15.9. The Hall–Kier alpha value is -1.26. The molecule has 2 aliphatic rings. The molecule has 0 heterocycles. The minimum atomic E-state index is -0.151. The molecule has 0 saturated heterocycles. The number of aliphatic hydroxyl groups excluding tert-OH is 1. The van der Waals surface area contributed by atoms with E-state index >= 15 is 0 Å². The minimum absolute atomic E-state index is 0.0477. The van der Waals surface area contributed by atoms with Gasteiger partial charge in [0.25, 0.3) is 0 Å². The van der Waals surface area contributed by atoms with Gasteiger partial charge in [0.15, 0.2) is 0 Å². The second-order valence-corrected chi connectivity index (χ2v) is 6.79. The van der Waals surface area contributed by atoms with Crippen molar-refractivity contribution in [1.82, 2.24) is 10.6 Å². The molecule has 21 heavy (non-hydrogen) atoms. The van der Waals surface area contributed by atoms with Gasteiger partial charge in [0, 0.05) is 17.0 Å². The topological polar surface area (TPSA) is 61.4 Å². The standard InChI is InChI=1S/C16H21ClN2O2/c17-13-5-3-12(4-6-13)14(11-1-2-11)19-15(21)18-9-16(10-20)7-8-16/h3-6,11,14,20H,1-2,7-10H2,(H2,18,19,21). The lowest BCUT2D eigenvalue weighted by Gasteiger charge is -2.20. The van der Waals surface area contributed by atoms with Crippen molar-refractivity contribution in [3.05, 3.63) is 34.9 Å². The van der Waals surface area contributed by atoms with Crippen LogP contribution in [0, 0.1) is 11.3 Å². The van der Waals surface area contributed by atoms with E-state index in [0.29, 0.717) is 17.5 Å². The van der Waals surface area contributed by atoms with E-state index in [-0.39, 0.29) is 24.1 Å². The van der Waals surface area contributed by atoms with E-state index in [9.17, 15) is 9.90 Å². The Kier molecular flexibility index (Phi) is 4.09. The van der Waals surface area contributed by atoms with Gasteiger partial charge in [-0.1, -0.05) is 23.7 Å². The number of halogens is 1. The van der Waals surface area contributed by atoms with Gasteiger partial charge in [0.05, 0.1) is 12.6 Å². The van der Waals surface area contributed by atoms with Crippen LogP contribution in [0.5, 0.6) is 0 Å². The largest absolute Gasteiger partial charge is 0.396 e. The molecule has 114 valence electrons. The fourth-order valence-electron chi connectivity index (χ4n) is 2.60. The van der Waals surface area contributed by atoms with Gasteiger partial charge in [-0.25, -0.2) is 4.79 Å². The second-order valence-electron chi connectivity index (χ2n) is 6.35. The summed E-state index contributed by atoms with van der Waals surface area (Å²) in [7, 11) is 0. The fraction of sp³-hybridized carbons (Fsp3) is 0.562. The lowest BCUT2D eigenvalue weighted by Crippen LogP contribution is -2.41. The van der Waals surface area contributed by atoms with Crippen molar-refractivity contribution in [1.29, 1.82) is 0 Å². The summed E-state index contributed by atoms with van der Waals surface area (Å²) in [5.74, 6) is 0.518. The zero-order valence-corrected chi connectivity index (χ0v) is 12.7. The van der Waals surface area contributed by atoms with Crippen LogP contribution in [-0.4, -0.2) is 24.3 Å². The third-order valence-electron chi connectivity index (χ3n) is 4.53. The van der Waals surface area contributed by atoms with E-state index in [2.05, 4.69) is 10.6 Å². The third-order valence-corrected chi connectivity index (χ3v) is 4.78. The van der Waals surface area contributed by atoms with Crippen LogP contribution < -0.4 is 10.6 Å². The maximum absolute atomic E-state index is 12.1. The number of hydrogen-bond acceptors (Lipinski definition) is 2. The summed E-state index contributed by atoms with van der Waals surface area (Å²) in [6.07, 6.45) is 4.28. The van der Waals surface area contributed by atoms with Crippen molar-refractivity contribution in [2.45, 2.75) is 31.7 Å². The molecule has 2 aliphatic carbocycles. The van der Waals surface area contributed by atoms with Gasteiger partial charge in [0.2, 0.25) is 0 Å². The number of hydrogen-bond donors (Lipinski definition) is 3. The Morgan fingerprint density at radius 3 is 2.52 bits per heavy atom. The van der Waals surface area contributed by atoms with E-state index in [4.69, 9.17) is 11.6 Å². The Balaban J connectivity index is 1.57. The van der Waals surface area contributed by atoms with E-state index in [1.54, 1.807) is 0 Å². The van der Waals surface area contributed by atoms with Crippen molar-refractivity contribution in [2.24, 2.45) is 11.3 Å². The third kappa shape index (κ3) is 3.69. The summed E-state index contributed by atoms with van der Waals surface area (Å²) in [6, 6.07) is 7.56. The lowest BCUT2D eigenvalue weighted by molar-refractivity contribution is 0.201. The van der Waals surface area contributed by atoms with Gasteiger partial charge in [-0.05, 0) is 49.3 Å². The molecular formula is C16H21ClN2O2. The van der Waals surface area contributed by atoms with E-state index in [1.165, 1.54) is 0 Å². The van der Waals surface area contributed by atoms with Crippen molar-refractivity contribution in [3.63, 3.8) is 0 Å². The average Bonchev–Trinajstić information content (AvgIpc) is 3.39. The predicted molar refractivity (Wildman–Crippen MR) is 82.2 cm³/mol. The Morgan fingerprint density at radius 1 is 1.33 bits per heavy atom. The number of benzene rings is 1. The normalized spacial score (nSPS) is 20.7. The summed E-state index contributed by atoms with van der Waals surface area (Å²) >= 11 is 5.92. The van der Waals surface area contributed by atoms with Crippen molar-refractivity contribution in [3.8, 4) is 0 Å². The van der Waals surface area contributed by atoms with Gasteiger partial charge >= 0.3 is 6.03 Å². The minimum Gasteiger partial charge on any atom is -0.396 e. The zero-order chi connectivity index (χ0) is 14.9. The van der Waals surface area contributed by atoms with Crippen LogP contribution in [-0.2, 0) is 0 Å². The van der Waals surface area contributed by atoms with Gasteiger partial charge in [0.1, 0.15) is 0 Å². The smallest absolute Gasteiger partial charge is 0.315 e. The van der Waals surface area contributed by atoms with Gasteiger partial charge in [-0.3, -0.25) is 0 Å². The van der Waals surface area contributed by atoms with Crippen LogP contribution in [0.3, 0.4) is 0 Å². The zero-order valence-electron chi connectivity index (χ0n) is 11.9. The van der Waals surface area contributed by atoms with Crippen molar-refractivity contribution in [2.75, 3.05) is 13.2 Å². The first-order valence-corrected chi connectivity index (χ1v) is 7.90. The van der Waals surface area contributed by atoms with E-state index in [1.807, 2.05) is 24.3 Å². The summed E-state index contributed by atoms with van der Waals surface area (Å²) < 4.78 is 0. The molecule has 1 aromatic carbocycles. The van der Waals surface area contributed by atoms with Crippen molar-refractivity contribution < 1.29 is 9.90 Å². The lowest BCUT2D eigenvalue weighted by atomic mass is 10.0. The van der Waals surface area contributed by atoms with Crippen molar-refractivity contribution >= 4 is 17.6 Å².